The van der Waals surface area contributed by atoms with Gasteiger partial charge in [-0.15, -0.1) is 22.7 Å². The molecule has 0 aromatic carbocycles. The fourth-order valence-corrected chi connectivity index (χ4v) is 4.89. The highest BCUT2D eigenvalue weighted by Crippen LogP contribution is 2.36. The Morgan fingerprint density at radius 2 is 2.24 bits per heavy atom. The molecule has 0 atom stereocenters. The molecule has 0 amide bonds. The molecule has 2 aromatic rings. The van der Waals surface area contributed by atoms with E-state index in [0.29, 0.717) is 17.8 Å². The Kier molecular flexibility index (Phi) is 4.94. The van der Waals surface area contributed by atoms with Gasteiger partial charge in [-0.05, 0) is 6.92 Å². The first kappa shape index (κ1) is 16.3. The number of nitrogens with zero attached hydrogens (tertiary/aromatic N) is 2. The molecule has 2 rings (SSSR count). The zero-order valence-electron chi connectivity index (χ0n) is 10.7. The van der Waals surface area contributed by atoms with E-state index in [4.69, 9.17) is 11.6 Å². The van der Waals surface area contributed by atoms with Crippen molar-refractivity contribution in [2.75, 3.05) is 6.54 Å². The number of halogens is 1. The Morgan fingerprint density at radius 3 is 2.76 bits per heavy atom. The largest absolute Gasteiger partial charge is 0.300 e. The highest BCUT2D eigenvalue weighted by molar-refractivity contribution is 7.91. The van der Waals surface area contributed by atoms with Gasteiger partial charge in [-0.25, -0.2) is 18.1 Å². The minimum atomic E-state index is -3.80. The van der Waals surface area contributed by atoms with Crippen LogP contribution in [-0.4, -0.2) is 24.9 Å². The molecule has 0 unspecified atom stereocenters. The van der Waals surface area contributed by atoms with E-state index in [2.05, 4.69) is 9.71 Å². The number of thiophene rings is 1. The Balaban J connectivity index is 2.04. The van der Waals surface area contributed by atoms with Crippen molar-refractivity contribution in [3.63, 3.8) is 0 Å². The molecule has 0 bridgehead atoms. The fraction of sp³-hybridized carbons (Fsp3) is 0.300. The lowest BCUT2D eigenvalue weighted by Crippen LogP contribution is -2.25. The third kappa shape index (κ3) is 3.98. The third-order valence-electron chi connectivity index (χ3n) is 2.45. The standard InChI is InChI=1S/C10H10ClN3O4S3/c1-6-13-7(5-19-6)2-3-12-21(17,18)9-4-8(14(15)16)10(11)20-9/h4-5,12H,2-3H2,1H3. The van der Waals surface area contributed by atoms with Crippen LogP contribution in [0.5, 0.6) is 0 Å². The molecule has 0 fully saturated rings. The number of thiazole rings is 1. The summed E-state index contributed by atoms with van der Waals surface area (Å²) in [6.45, 7) is 2.03. The van der Waals surface area contributed by atoms with Gasteiger partial charge in [0.15, 0.2) is 4.34 Å². The number of rotatable bonds is 6. The van der Waals surface area contributed by atoms with Crippen molar-refractivity contribution in [2.45, 2.75) is 17.6 Å². The number of nitrogens with one attached hydrogen (secondary N) is 1. The second kappa shape index (κ2) is 6.36. The van der Waals surface area contributed by atoms with Crippen LogP contribution in [0.1, 0.15) is 10.7 Å². The topological polar surface area (TPSA) is 102 Å². The molecule has 21 heavy (non-hydrogen) atoms. The minimum absolute atomic E-state index is 0.157. The van der Waals surface area contributed by atoms with Crippen LogP contribution in [-0.2, 0) is 16.4 Å². The predicted octanol–water partition coefficient (Wildman–Crippen LogP) is 2.60. The van der Waals surface area contributed by atoms with Crippen molar-refractivity contribution >= 4 is 50.0 Å². The number of sulfonamides is 1. The SMILES string of the molecule is Cc1nc(CCNS(=O)(=O)c2cc([N+](=O)[O-])c(Cl)s2)cs1. The maximum Gasteiger partial charge on any atom is 0.300 e. The molecule has 0 spiro atoms. The van der Waals surface area contributed by atoms with E-state index in [-0.39, 0.29) is 15.1 Å². The highest BCUT2D eigenvalue weighted by Gasteiger charge is 2.24. The molecule has 0 aliphatic heterocycles. The lowest BCUT2D eigenvalue weighted by molar-refractivity contribution is -0.384. The molecule has 0 aliphatic rings. The lowest BCUT2D eigenvalue weighted by atomic mass is 10.3. The first-order valence-electron chi connectivity index (χ1n) is 5.64. The van der Waals surface area contributed by atoms with Gasteiger partial charge < -0.3 is 0 Å². The smallest absolute Gasteiger partial charge is 0.258 e. The summed E-state index contributed by atoms with van der Waals surface area (Å²) in [7, 11) is -3.80. The Bertz CT molecular complexity index is 768. The molecular weight excluding hydrogens is 358 g/mol. The van der Waals surface area contributed by atoms with Crippen molar-refractivity contribution in [2.24, 2.45) is 0 Å². The summed E-state index contributed by atoms with van der Waals surface area (Å²) >= 11 is 7.80. The maximum atomic E-state index is 12.0. The van der Waals surface area contributed by atoms with Crippen molar-refractivity contribution in [3.05, 3.63) is 36.6 Å². The average Bonchev–Trinajstić information content (AvgIpc) is 2.96. The van der Waals surface area contributed by atoms with Crippen molar-refractivity contribution in [1.29, 1.82) is 0 Å². The van der Waals surface area contributed by atoms with Gasteiger partial charge in [0.25, 0.3) is 5.69 Å². The molecule has 7 nitrogen and oxygen atoms in total. The zero-order valence-corrected chi connectivity index (χ0v) is 13.9. The molecule has 0 radical (unpaired) electrons. The van der Waals surface area contributed by atoms with Crippen LogP contribution in [0, 0.1) is 17.0 Å². The van der Waals surface area contributed by atoms with Gasteiger partial charge in [0, 0.05) is 24.4 Å². The van der Waals surface area contributed by atoms with Crippen molar-refractivity contribution < 1.29 is 13.3 Å². The lowest BCUT2D eigenvalue weighted by Gasteiger charge is -2.02. The summed E-state index contributed by atoms with van der Waals surface area (Å²) in [5, 5.41) is 13.4. The van der Waals surface area contributed by atoms with Gasteiger partial charge in [0.1, 0.15) is 4.21 Å². The fourth-order valence-electron chi connectivity index (χ4n) is 1.50. The Morgan fingerprint density at radius 1 is 1.52 bits per heavy atom. The van der Waals surface area contributed by atoms with Gasteiger partial charge in [0.2, 0.25) is 10.0 Å². The molecule has 0 aliphatic carbocycles. The monoisotopic (exact) mass is 367 g/mol. The van der Waals surface area contributed by atoms with E-state index in [9.17, 15) is 18.5 Å². The van der Waals surface area contributed by atoms with Crippen LogP contribution in [0.2, 0.25) is 4.34 Å². The van der Waals surface area contributed by atoms with Gasteiger partial charge >= 0.3 is 0 Å². The molecule has 11 heteroatoms. The van der Waals surface area contributed by atoms with Crippen LogP contribution in [0.15, 0.2) is 15.7 Å². The number of aromatic nitrogens is 1. The molecule has 2 aromatic heterocycles. The minimum Gasteiger partial charge on any atom is -0.258 e. The van der Waals surface area contributed by atoms with E-state index in [1.807, 2.05) is 12.3 Å². The molecule has 0 saturated carbocycles. The van der Waals surface area contributed by atoms with Crippen molar-refractivity contribution in [3.8, 4) is 0 Å². The summed E-state index contributed by atoms with van der Waals surface area (Å²) in [4.78, 5) is 14.2. The molecule has 2 heterocycles. The van der Waals surface area contributed by atoms with Gasteiger partial charge in [-0.2, -0.15) is 0 Å². The van der Waals surface area contributed by atoms with Gasteiger partial charge in [-0.3, -0.25) is 10.1 Å². The summed E-state index contributed by atoms with van der Waals surface area (Å²) in [5.41, 5.74) is 0.396. The Labute approximate surface area is 133 Å². The van der Waals surface area contributed by atoms with E-state index in [0.717, 1.165) is 16.8 Å². The highest BCUT2D eigenvalue weighted by atomic mass is 35.5. The average molecular weight is 368 g/mol. The molecule has 1 N–H and O–H groups in total. The number of aryl methyl sites for hydroxylation is 1. The second-order valence-electron chi connectivity index (χ2n) is 3.99. The third-order valence-corrected chi connectivity index (χ3v) is 6.54. The normalized spacial score (nSPS) is 11.7. The van der Waals surface area contributed by atoms with Crippen LogP contribution in [0.3, 0.4) is 0 Å². The molecular formula is C10H10ClN3O4S3. The maximum absolute atomic E-state index is 12.0. The first-order valence-corrected chi connectivity index (χ1v) is 9.20. The summed E-state index contributed by atoms with van der Waals surface area (Å²) in [5.74, 6) is 0. The summed E-state index contributed by atoms with van der Waals surface area (Å²) in [6, 6.07) is 0.961. The molecule has 114 valence electrons. The van der Waals surface area contributed by atoms with Crippen LogP contribution < -0.4 is 4.72 Å². The zero-order chi connectivity index (χ0) is 15.6. The van der Waals surface area contributed by atoms with E-state index in [1.54, 1.807) is 0 Å². The van der Waals surface area contributed by atoms with Gasteiger partial charge in [-0.1, -0.05) is 11.6 Å². The van der Waals surface area contributed by atoms with Crippen molar-refractivity contribution in [1.82, 2.24) is 9.71 Å². The number of hydrogen-bond donors (Lipinski definition) is 1. The summed E-state index contributed by atoms with van der Waals surface area (Å²) < 4.78 is 26.1. The first-order chi connectivity index (χ1) is 9.79. The number of nitro groups is 1. The van der Waals surface area contributed by atoms with E-state index in [1.165, 1.54) is 11.3 Å². The molecule has 0 saturated heterocycles. The van der Waals surface area contributed by atoms with Gasteiger partial charge in [0.05, 0.1) is 15.6 Å². The number of hydrogen-bond acceptors (Lipinski definition) is 7. The van der Waals surface area contributed by atoms with Crippen LogP contribution >= 0.6 is 34.3 Å². The van der Waals surface area contributed by atoms with E-state index < -0.39 is 20.6 Å². The Hall–Kier alpha value is -1.07. The second-order valence-corrected chi connectivity index (χ2v) is 8.70. The summed E-state index contributed by atoms with van der Waals surface area (Å²) in [6.07, 6.45) is 0.449. The quantitative estimate of drug-likeness (QED) is 0.624. The predicted molar refractivity (Wildman–Crippen MR) is 81.7 cm³/mol. The van der Waals surface area contributed by atoms with E-state index >= 15 is 0 Å². The van der Waals surface area contributed by atoms with Crippen LogP contribution in [0.4, 0.5) is 5.69 Å². The van der Waals surface area contributed by atoms with Crippen LogP contribution in [0.25, 0.3) is 0 Å².